The molecule has 2 amide bonds. The first-order valence-electron chi connectivity index (χ1n) is 10.6. The molecule has 0 radical (unpaired) electrons. The summed E-state index contributed by atoms with van der Waals surface area (Å²) in [6, 6.07) is 16.3. The Morgan fingerprint density at radius 3 is 2.42 bits per heavy atom. The molecule has 3 aromatic rings. The van der Waals surface area contributed by atoms with Gasteiger partial charge in [-0.05, 0) is 55.3 Å². The summed E-state index contributed by atoms with van der Waals surface area (Å²) in [6.45, 7) is 4.74. The van der Waals surface area contributed by atoms with Gasteiger partial charge in [0.25, 0.3) is 11.8 Å². The number of hydrogen-bond acceptors (Lipinski definition) is 5. The number of imide groups is 1. The molecule has 5 rings (SSSR count). The Hall–Kier alpha value is -4.13. The number of amides is 2. The first-order valence-corrected chi connectivity index (χ1v) is 10.6. The van der Waals surface area contributed by atoms with Crippen molar-refractivity contribution in [2.45, 2.75) is 13.8 Å². The predicted molar refractivity (Wildman–Crippen MR) is 123 cm³/mol. The number of nitrogens with zero attached hydrogens (tertiary/aromatic N) is 1. The van der Waals surface area contributed by atoms with E-state index in [2.05, 4.69) is 5.32 Å². The molecule has 0 aromatic heterocycles. The van der Waals surface area contributed by atoms with E-state index in [1.54, 1.807) is 18.2 Å². The largest absolute Gasteiger partial charge is 0.486 e. The van der Waals surface area contributed by atoms with Gasteiger partial charge in [0.05, 0.1) is 11.3 Å². The molecule has 0 fully saturated rings. The van der Waals surface area contributed by atoms with Crippen LogP contribution in [-0.2, 0) is 9.59 Å². The van der Waals surface area contributed by atoms with E-state index in [1.807, 2.05) is 32.0 Å². The van der Waals surface area contributed by atoms with Crippen molar-refractivity contribution in [1.29, 1.82) is 0 Å². The summed E-state index contributed by atoms with van der Waals surface area (Å²) in [6.07, 6.45) is 0. The van der Waals surface area contributed by atoms with Crippen LogP contribution in [0.15, 0.2) is 66.4 Å². The van der Waals surface area contributed by atoms with Crippen molar-refractivity contribution in [3.8, 4) is 11.5 Å². The Morgan fingerprint density at radius 1 is 0.879 bits per heavy atom. The lowest BCUT2D eigenvalue weighted by Gasteiger charge is -2.19. The lowest BCUT2D eigenvalue weighted by atomic mass is 9.97. The van der Waals surface area contributed by atoms with Crippen LogP contribution in [0, 0.1) is 19.7 Å². The Balaban J connectivity index is 1.62. The van der Waals surface area contributed by atoms with E-state index in [0.29, 0.717) is 36.0 Å². The van der Waals surface area contributed by atoms with Crippen molar-refractivity contribution < 1.29 is 23.5 Å². The minimum absolute atomic E-state index is 0.118. The fraction of sp³-hybridized carbons (Fsp3) is 0.154. The van der Waals surface area contributed by atoms with Gasteiger partial charge >= 0.3 is 0 Å². The van der Waals surface area contributed by atoms with Crippen molar-refractivity contribution in [2.75, 3.05) is 23.4 Å². The summed E-state index contributed by atoms with van der Waals surface area (Å²) in [5.74, 6) is -0.438. The van der Waals surface area contributed by atoms with Crippen LogP contribution in [0.5, 0.6) is 11.5 Å². The highest BCUT2D eigenvalue weighted by atomic mass is 19.1. The molecule has 0 unspecified atom stereocenters. The van der Waals surface area contributed by atoms with Gasteiger partial charge in [-0.1, -0.05) is 29.8 Å². The molecule has 2 aliphatic rings. The first-order chi connectivity index (χ1) is 15.9. The highest BCUT2D eigenvalue weighted by Gasteiger charge is 2.41. The zero-order valence-electron chi connectivity index (χ0n) is 18.1. The van der Waals surface area contributed by atoms with Crippen LogP contribution in [0.2, 0.25) is 0 Å². The van der Waals surface area contributed by atoms with Crippen molar-refractivity contribution in [2.24, 2.45) is 0 Å². The minimum Gasteiger partial charge on any atom is -0.486 e. The van der Waals surface area contributed by atoms with Crippen molar-refractivity contribution >= 4 is 28.8 Å². The first kappa shape index (κ1) is 20.8. The van der Waals surface area contributed by atoms with E-state index >= 15 is 0 Å². The summed E-state index contributed by atoms with van der Waals surface area (Å²) in [7, 11) is 0. The van der Waals surface area contributed by atoms with Gasteiger partial charge in [-0.15, -0.1) is 0 Å². The van der Waals surface area contributed by atoms with Crippen LogP contribution < -0.4 is 19.7 Å². The Labute approximate surface area is 190 Å². The molecule has 0 saturated heterocycles. The van der Waals surface area contributed by atoms with Crippen molar-refractivity contribution in [3.05, 3.63) is 88.9 Å². The molecular formula is C26H21FN2O4. The second kappa shape index (κ2) is 8.09. The third kappa shape index (κ3) is 3.71. The lowest BCUT2D eigenvalue weighted by Crippen LogP contribution is -2.32. The molecule has 0 atom stereocenters. The second-order valence-electron chi connectivity index (χ2n) is 7.98. The molecule has 0 spiro atoms. The van der Waals surface area contributed by atoms with E-state index in [9.17, 15) is 14.0 Å². The molecule has 6 nitrogen and oxygen atoms in total. The zero-order chi connectivity index (χ0) is 23.1. The molecule has 0 saturated carbocycles. The maximum Gasteiger partial charge on any atom is 0.282 e. The van der Waals surface area contributed by atoms with Gasteiger partial charge in [-0.2, -0.15) is 0 Å². The van der Waals surface area contributed by atoms with Gasteiger partial charge < -0.3 is 14.8 Å². The van der Waals surface area contributed by atoms with E-state index in [-0.39, 0.29) is 17.0 Å². The molecule has 33 heavy (non-hydrogen) atoms. The molecule has 0 aliphatic carbocycles. The van der Waals surface area contributed by atoms with Crippen LogP contribution in [0.4, 0.5) is 15.8 Å². The molecule has 7 heteroatoms. The number of rotatable bonds is 4. The number of nitrogens with one attached hydrogen (secondary N) is 1. The summed E-state index contributed by atoms with van der Waals surface area (Å²) in [4.78, 5) is 28.0. The minimum atomic E-state index is -0.560. The Kier molecular flexibility index (Phi) is 5.09. The summed E-state index contributed by atoms with van der Waals surface area (Å²) < 4.78 is 25.1. The normalized spacial score (nSPS) is 15.3. The summed E-state index contributed by atoms with van der Waals surface area (Å²) in [5.41, 5.74) is 3.62. The summed E-state index contributed by atoms with van der Waals surface area (Å²) in [5, 5.41) is 3.11. The number of ether oxygens (including phenoxy) is 2. The smallest absolute Gasteiger partial charge is 0.282 e. The molecule has 2 heterocycles. The van der Waals surface area contributed by atoms with E-state index < -0.39 is 17.6 Å². The highest BCUT2D eigenvalue weighted by molar-refractivity contribution is 6.46. The average Bonchev–Trinajstić information content (AvgIpc) is 3.03. The quantitative estimate of drug-likeness (QED) is 0.596. The molecule has 1 N–H and O–H groups in total. The molecule has 166 valence electrons. The number of carbonyl (C=O) groups is 2. The van der Waals surface area contributed by atoms with Crippen LogP contribution in [0.25, 0.3) is 5.57 Å². The highest BCUT2D eigenvalue weighted by Crippen LogP contribution is 2.37. The Morgan fingerprint density at radius 2 is 1.67 bits per heavy atom. The van der Waals surface area contributed by atoms with Crippen molar-refractivity contribution in [1.82, 2.24) is 0 Å². The number of benzene rings is 3. The number of carbonyl (C=O) groups excluding carboxylic acids is 2. The average molecular weight is 444 g/mol. The summed E-state index contributed by atoms with van der Waals surface area (Å²) >= 11 is 0. The van der Waals surface area contributed by atoms with Crippen LogP contribution in [0.1, 0.15) is 16.7 Å². The number of aryl methyl sites for hydroxylation is 2. The number of hydrogen-bond donors (Lipinski definition) is 1. The topological polar surface area (TPSA) is 67.9 Å². The van der Waals surface area contributed by atoms with E-state index in [1.165, 1.54) is 24.3 Å². The fourth-order valence-electron chi connectivity index (χ4n) is 4.10. The van der Waals surface area contributed by atoms with Gasteiger partial charge in [0.15, 0.2) is 11.5 Å². The molecule has 3 aromatic carbocycles. The van der Waals surface area contributed by atoms with Gasteiger partial charge in [0.1, 0.15) is 24.7 Å². The molecular weight excluding hydrogens is 423 g/mol. The third-order valence-electron chi connectivity index (χ3n) is 5.61. The van der Waals surface area contributed by atoms with Gasteiger partial charge in [0.2, 0.25) is 0 Å². The monoisotopic (exact) mass is 444 g/mol. The van der Waals surface area contributed by atoms with Gasteiger partial charge in [-0.25, -0.2) is 9.29 Å². The number of fused-ring (bicyclic) bond motifs is 1. The van der Waals surface area contributed by atoms with Gasteiger partial charge in [0, 0.05) is 11.8 Å². The van der Waals surface area contributed by atoms with Crippen molar-refractivity contribution in [3.63, 3.8) is 0 Å². The maximum absolute atomic E-state index is 13.9. The number of halogens is 1. The van der Waals surface area contributed by atoms with Crippen LogP contribution in [-0.4, -0.2) is 25.0 Å². The van der Waals surface area contributed by atoms with Crippen LogP contribution in [0.3, 0.4) is 0 Å². The maximum atomic E-state index is 13.9. The lowest BCUT2D eigenvalue weighted by molar-refractivity contribution is -0.120. The van der Waals surface area contributed by atoms with E-state index in [4.69, 9.17) is 9.47 Å². The molecule has 2 aliphatic heterocycles. The number of anilines is 2. The SMILES string of the molecule is Cc1ccc(C2=C(Nc3ccc4c(c3)OCCO4)C(=O)N(c3cccc(F)c3)C2=O)c(C)c1. The predicted octanol–water partition coefficient (Wildman–Crippen LogP) is 4.61. The Bertz CT molecular complexity index is 1330. The molecule has 0 bridgehead atoms. The zero-order valence-corrected chi connectivity index (χ0v) is 18.1. The van der Waals surface area contributed by atoms with E-state index in [0.717, 1.165) is 16.0 Å². The van der Waals surface area contributed by atoms with Crippen LogP contribution >= 0.6 is 0 Å². The van der Waals surface area contributed by atoms with Gasteiger partial charge in [-0.3, -0.25) is 9.59 Å². The second-order valence-corrected chi connectivity index (χ2v) is 7.98. The fourth-order valence-corrected chi connectivity index (χ4v) is 4.10. The third-order valence-corrected chi connectivity index (χ3v) is 5.61. The standard InChI is InChI=1S/C26H21FN2O4/c1-15-6-8-20(16(2)12-15)23-24(28-18-7-9-21-22(14-18)33-11-10-32-21)26(31)29(25(23)30)19-5-3-4-17(27)13-19/h3-9,12-14,28H,10-11H2,1-2H3.